The van der Waals surface area contributed by atoms with Crippen LogP contribution in [0.25, 0.3) is 0 Å². The van der Waals surface area contributed by atoms with Gasteiger partial charge in [0, 0.05) is 6.04 Å². The van der Waals surface area contributed by atoms with Crippen LogP contribution in [0.4, 0.5) is 4.79 Å². The third-order valence-corrected chi connectivity index (χ3v) is 5.12. The van der Waals surface area contributed by atoms with Gasteiger partial charge in [0.1, 0.15) is 0 Å². The standard InChI is InChI=1S/C19H24N2O5/c1-19(2,3)15(20-18(24)25)11-8-9-12(10-11)26-21-16(22)13-6-4-5-7-14(13)17(21)23/h4-7,11-12,15,20H,8-10H2,1-3H3,(H,24,25). The van der Waals surface area contributed by atoms with Crippen molar-refractivity contribution in [1.29, 1.82) is 0 Å². The summed E-state index contributed by atoms with van der Waals surface area (Å²) in [7, 11) is 0. The minimum atomic E-state index is -1.05. The average molecular weight is 360 g/mol. The third-order valence-electron chi connectivity index (χ3n) is 5.12. The van der Waals surface area contributed by atoms with Gasteiger partial charge >= 0.3 is 6.09 Å². The van der Waals surface area contributed by atoms with Gasteiger partial charge in [0.15, 0.2) is 0 Å². The first kappa shape index (κ1) is 18.4. The van der Waals surface area contributed by atoms with Gasteiger partial charge in [-0.05, 0) is 42.7 Å². The summed E-state index contributed by atoms with van der Waals surface area (Å²) in [6.07, 6.45) is 0.703. The molecule has 26 heavy (non-hydrogen) atoms. The molecule has 0 aromatic heterocycles. The van der Waals surface area contributed by atoms with Gasteiger partial charge in [-0.15, -0.1) is 5.06 Å². The predicted molar refractivity (Wildman–Crippen MR) is 93.6 cm³/mol. The van der Waals surface area contributed by atoms with Crippen molar-refractivity contribution < 1.29 is 24.3 Å². The highest BCUT2D eigenvalue weighted by atomic mass is 16.7. The molecule has 3 unspecified atom stereocenters. The highest BCUT2D eigenvalue weighted by molar-refractivity contribution is 6.20. The van der Waals surface area contributed by atoms with Crippen molar-refractivity contribution in [2.75, 3.05) is 0 Å². The minimum Gasteiger partial charge on any atom is -0.465 e. The zero-order valence-electron chi connectivity index (χ0n) is 15.2. The number of fused-ring (bicyclic) bond motifs is 1. The molecular weight excluding hydrogens is 336 g/mol. The molecule has 3 rings (SSSR count). The van der Waals surface area contributed by atoms with E-state index in [0.717, 1.165) is 11.5 Å². The fraction of sp³-hybridized carbons (Fsp3) is 0.526. The molecule has 7 heteroatoms. The molecular formula is C19H24N2O5. The van der Waals surface area contributed by atoms with Crippen LogP contribution in [0.1, 0.15) is 60.7 Å². The molecule has 3 atom stereocenters. The van der Waals surface area contributed by atoms with Gasteiger partial charge in [-0.25, -0.2) is 4.79 Å². The zero-order chi connectivity index (χ0) is 19.1. The average Bonchev–Trinajstić information content (AvgIpc) is 3.11. The van der Waals surface area contributed by atoms with E-state index in [1.807, 2.05) is 20.8 Å². The second-order valence-corrected chi connectivity index (χ2v) is 8.04. The Morgan fingerprint density at radius 1 is 1.19 bits per heavy atom. The number of benzene rings is 1. The SMILES string of the molecule is CC(C)(C)C(NC(=O)O)C1CCC(ON2C(=O)c3ccccc3C2=O)C1. The van der Waals surface area contributed by atoms with E-state index >= 15 is 0 Å². The first-order valence-corrected chi connectivity index (χ1v) is 8.82. The Morgan fingerprint density at radius 2 is 1.77 bits per heavy atom. The van der Waals surface area contributed by atoms with E-state index in [2.05, 4.69) is 5.32 Å². The Bertz CT molecular complexity index is 705. The lowest BCUT2D eigenvalue weighted by Crippen LogP contribution is -2.47. The monoisotopic (exact) mass is 360 g/mol. The number of rotatable bonds is 4. The molecule has 3 amide bonds. The molecule has 1 aromatic rings. The fourth-order valence-electron chi connectivity index (χ4n) is 3.96. The molecule has 1 aliphatic carbocycles. The van der Waals surface area contributed by atoms with E-state index in [9.17, 15) is 14.4 Å². The second-order valence-electron chi connectivity index (χ2n) is 8.04. The maximum Gasteiger partial charge on any atom is 0.404 e. The van der Waals surface area contributed by atoms with E-state index in [4.69, 9.17) is 9.94 Å². The molecule has 1 fully saturated rings. The first-order chi connectivity index (χ1) is 12.2. The molecule has 1 aliphatic heterocycles. The van der Waals surface area contributed by atoms with Gasteiger partial charge in [-0.3, -0.25) is 14.4 Å². The molecule has 0 bridgehead atoms. The van der Waals surface area contributed by atoms with Crippen molar-refractivity contribution in [2.45, 2.75) is 52.2 Å². The van der Waals surface area contributed by atoms with Gasteiger partial charge in [0.05, 0.1) is 17.2 Å². The van der Waals surface area contributed by atoms with Crippen molar-refractivity contribution in [3.63, 3.8) is 0 Å². The van der Waals surface area contributed by atoms with Gasteiger partial charge in [0.2, 0.25) is 0 Å². The third kappa shape index (κ3) is 3.44. The number of hydroxylamine groups is 2. The fourth-order valence-corrected chi connectivity index (χ4v) is 3.96. The van der Waals surface area contributed by atoms with Crippen molar-refractivity contribution in [3.8, 4) is 0 Å². The second kappa shape index (κ2) is 6.72. The van der Waals surface area contributed by atoms with Crippen LogP contribution in [0, 0.1) is 11.3 Å². The van der Waals surface area contributed by atoms with Crippen LogP contribution in [0.2, 0.25) is 0 Å². The molecule has 0 saturated heterocycles. The number of carboxylic acid groups (broad SMARTS) is 1. The van der Waals surface area contributed by atoms with Crippen LogP contribution >= 0.6 is 0 Å². The number of nitrogens with zero attached hydrogens (tertiary/aromatic N) is 1. The van der Waals surface area contributed by atoms with Crippen LogP contribution in [0.5, 0.6) is 0 Å². The zero-order valence-corrected chi connectivity index (χ0v) is 15.2. The quantitative estimate of drug-likeness (QED) is 0.805. The van der Waals surface area contributed by atoms with E-state index in [1.165, 1.54) is 0 Å². The molecule has 1 aromatic carbocycles. The Balaban J connectivity index is 1.68. The van der Waals surface area contributed by atoms with Crippen molar-refractivity contribution in [1.82, 2.24) is 10.4 Å². The van der Waals surface area contributed by atoms with Crippen molar-refractivity contribution in [3.05, 3.63) is 35.4 Å². The number of nitrogens with one attached hydrogen (secondary N) is 1. The summed E-state index contributed by atoms with van der Waals surface area (Å²) in [5, 5.41) is 12.6. The van der Waals surface area contributed by atoms with Gasteiger partial charge in [0.25, 0.3) is 11.8 Å². The lowest BCUT2D eigenvalue weighted by atomic mass is 9.78. The van der Waals surface area contributed by atoms with Gasteiger partial charge in [-0.1, -0.05) is 32.9 Å². The van der Waals surface area contributed by atoms with E-state index in [0.29, 0.717) is 24.0 Å². The van der Waals surface area contributed by atoms with E-state index in [1.54, 1.807) is 24.3 Å². The Kier molecular flexibility index (Phi) is 4.75. The molecule has 140 valence electrons. The number of carbonyl (C=O) groups is 3. The molecule has 1 saturated carbocycles. The summed E-state index contributed by atoms with van der Waals surface area (Å²) in [5.41, 5.74) is 0.465. The van der Waals surface area contributed by atoms with Crippen LogP contribution in [-0.4, -0.2) is 40.2 Å². The Hall–Kier alpha value is -2.41. The maximum atomic E-state index is 12.4. The van der Waals surface area contributed by atoms with Crippen molar-refractivity contribution in [2.24, 2.45) is 11.3 Å². The molecule has 2 N–H and O–H groups in total. The van der Waals surface area contributed by atoms with Crippen LogP contribution in [0.3, 0.4) is 0 Å². The van der Waals surface area contributed by atoms with E-state index < -0.39 is 17.9 Å². The number of imide groups is 1. The molecule has 0 radical (unpaired) electrons. The van der Waals surface area contributed by atoms with Crippen molar-refractivity contribution >= 4 is 17.9 Å². The van der Waals surface area contributed by atoms with E-state index in [-0.39, 0.29) is 23.5 Å². The lowest BCUT2D eigenvalue weighted by Gasteiger charge is -2.35. The largest absolute Gasteiger partial charge is 0.465 e. The summed E-state index contributed by atoms with van der Waals surface area (Å²) in [4.78, 5) is 41.7. The van der Waals surface area contributed by atoms with Crippen LogP contribution < -0.4 is 5.32 Å². The number of carbonyl (C=O) groups excluding carboxylic acids is 2. The normalized spacial score (nSPS) is 23.9. The van der Waals surface area contributed by atoms with Crippen LogP contribution in [0.15, 0.2) is 24.3 Å². The van der Waals surface area contributed by atoms with Crippen LogP contribution in [-0.2, 0) is 4.84 Å². The maximum absolute atomic E-state index is 12.4. The number of hydrogen-bond acceptors (Lipinski definition) is 4. The topological polar surface area (TPSA) is 95.9 Å². The molecule has 7 nitrogen and oxygen atoms in total. The predicted octanol–water partition coefficient (Wildman–Crippen LogP) is 3.07. The highest BCUT2D eigenvalue weighted by Gasteiger charge is 2.42. The number of hydrogen-bond donors (Lipinski definition) is 2. The summed E-state index contributed by atoms with van der Waals surface area (Å²) >= 11 is 0. The smallest absolute Gasteiger partial charge is 0.404 e. The Labute approximate surface area is 152 Å². The number of amides is 3. The highest BCUT2D eigenvalue weighted by Crippen LogP contribution is 2.38. The summed E-state index contributed by atoms with van der Waals surface area (Å²) in [5.74, 6) is -0.790. The minimum absolute atomic E-state index is 0.0892. The lowest BCUT2D eigenvalue weighted by molar-refractivity contribution is -0.130. The first-order valence-electron chi connectivity index (χ1n) is 8.82. The summed E-state index contributed by atoms with van der Waals surface area (Å²) < 4.78 is 0. The van der Waals surface area contributed by atoms with Gasteiger partial charge < -0.3 is 10.4 Å². The molecule has 1 heterocycles. The summed E-state index contributed by atoms with van der Waals surface area (Å²) in [6, 6.07) is 6.43. The molecule has 2 aliphatic rings. The van der Waals surface area contributed by atoms with Gasteiger partial charge in [-0.2, -0.15) is 0 Å². The molecule has 0 spiro atoms. The Morgan fingerprint density at radius 3 is 2.27 bits per heavy atom. The summed E-state index contributed by atoms with van der Waals surface area (Å²) in [6.45, 7) is 5.98.